The van der Waals surface area contributed by atoms with Gasteiger partial charge in [0.05, 0.1) is 11.1 Å². The van der Waals surface area contributed by atoms with Crippen molar-refractivity contribution in [3.05, 3.63) is 63.1 Å². The fraction of sp³-hybridized carbons (Fsp3) is 0.143. The van der Waals surface area contributed by atoms with Crippen LogP contribution in [0.5, 0.6) is 5.75 Å². The van der Waals surface area contributed by atoms with Gasteiger partial charge in [0, 0.05) is 4.47 Å². The van der Waals surface area contributed by atoms with E-state index in [1.54, 1.807) is 24.3 Å². The summed E-state index contributed by atoms with van der Waals surface area (Å²) in [7, 11) is 0. The van der Waals surface area contributed by atoms with E-state index in [2.05, 4.69) is 20.7 Å². The van der Waals surface area contributed by atoms with Gasteiger partial charge in [0.1, 0.15) is 5.75 Å². The maximum atomic E-state index is 12.2. The Morgan fingerprint density at radius 3 is 2.38 bits per heavy atom. The molecule has 0 aromatic heterocycles. The molecule has 0 saturated heterocycles. The maximum absolute atomic E-state index is 12.2. The van der Waals surface area contributed by atoms with E-state index >= 15 is 0 Å². The van der Waals surface area contributed by atoms with Crippen LogP contribution < -0.4 is 10.5 Å². The minimum atomic E-state index is -4.73. The third kappa shape index (κ3) is 4.36. The van der Waals surface area contributed by atoms with Crippen molar-refractivity contribution in [2.75, 3.05) is 0 Å². The molecule has 2 aromatic carbocycles. The van der Waals surface area contributed by atoms with Crippen molar-refractivity contribution in [3.63, 3.8) is 0 Å². The highest BCUT2D eigenvalue weighted by molar-refractivity contribution is 9.10. The Hall–Kier alpha value is -1.24. The summed E-state index contributed by atoms with van der Waals surface area (Å²) < 4.78 is 41.3. The van der Waals surface area contributed by atoms with E-state index in [0.29, 0.717) is 20.6 Å². The first-order valence-corrected chi connectivity index (χ1v) is 6.99. The minimum Gasteiger partial charge on any atom is -0.406 e. The molecular weight excluding hydrogens is 371 g/mol. The molecule has 0 heterocycles. The van der Waals surface area contributed by atoms with Crippen LogP contribution in [-0.2, 0) is 0 Å². The first-order valence-electron chi connectivity index (χ1n) is 5.82. The molecule has 7 heteroatoms. The van der Waals surface area contributed by atoms with Gasteiger partial charge in [-0.1, -0.05) is 29.8 Å². The first-order chi connectivity index (χ1) is 9.76. The van der Waals surface area contributed by atoms with Crippen molar-refractivity contribution in [2.24, 2.45) is 5.73 Å². The lowest BCUT2D eigenvalue weighted by atomic mass is 9.99. The molecule has 0 aliphatic carbocycles. The Morgan fingerprint density at radius 1 is 1.10 bits per heavy atom. The van der Waals surface area contributed by atoms with E-state index in [9.17, 15) is 13.2 Å². The normalized spacial score (nSPS) is 13.0. The van der Waals surface area contributed by atoms with Gasteiger partial charge in [0.15, 0.2) is 0 Å². The zero-order chi connectivity index (χ0) is 15.6. The van der Waals surface area contributed by atoms with Crippen LogP contribution in [0.15, 0.2) is 46.9 Å². The molecule has 0 bridgehead atoms. The highest BCUT2D eigenvalue weighted by Crippen LogP contribution is 2.30. The van der Waals surface area contributed by atoms with Crippen LogP contribution in [0.1, 0.15) is 17.2 Å². The third-order valence-corrected chi connectivity index (χ3v) is 3.99. The summed E-state index contributed by atoms with van der Waals surface area (Å²) in [5.41, 5.74) is 7.24. The van der Waals surface area contributed by atoms with Gasteiger partial charge in [-0.2, -0.15) is 0 Å². The number of ether oxygens (including phenoxy) is 1. The molecule has 1 unspecified atom stereocenters. The Labute approximate surface area is 132 Å². The third-order valence-electron chi connectivity index (χ3n) is 2.75. The van der Waals surface area contributed by atoms with Crippen LogP contribution in [0.25, 0.3) is 0 Å². The van der Waals surface area contributed by atoms with Gasteiger partial charge >= 0.3 is 6.36 Å². The Kier molecular flexibility index (Phi) is 4.81. The predicted octanol–water partition coefficient (Wildman–Crippen LogP) is 5.05. The van der Waals surface area contributed by atoms with Crippen molar-refractivity contribution in [3.8, 4) is 5.75 Å². The molecule has 0 spiro atoms. The fourth-order valence-corrected chi connectivity index (χ4v) is 2.24. The number of halogens is 5. The van der Waals surface area contributed by atoms with Crippen LogP contribution >= 0.6 is 27.5 Å². The summed E-state index contributed by atoms with van der Waals surface area (Å²) in [6.45, 7) is 0. The number of hydrogen-bond donors (Lipinski definition) is 1. The lowest BCUT2D eigenvalue weighted by Crippen LogP contribution is -2.18. The summed E-state index contributed by atoms with van der Waals surface area (Å²) in [5, 5.41) is 0.477. The van der Waals surface area contributed by atoms with Gasteiger partial charge in [-0.3, -0.25) is 0 Å². The average molecular weight is 381 g/mol. The van der Waals surface area contributed by atoms with Crippen molar-refractivity contribution in [2.45, 2.75) is 12.4 Å². The van der Waals surface area contributed by atoms with E-state index in [1.165, 1.54) is 18.2 Å². The zero-order valence-corrected chi connectivity index (χ0v) is 12.8. The topological polar surface area (TPSA) is 35.2 Å². The van der Waals surface area contributed by atoms with Crippen LogP contribution in [0, 0.1) is 0 Å². The molecule has 112 valence electrons. The standard InChI is InChI=1S/C14H10BrClF3NO/c15-11-5-4-9(7-12(11)16)13(20)8-2-1-3-10(6-8)21-14(17,18)19/h1-7,13H,20H2. The summed E-state index contributed by atoms with van der Waals surface area (Å²) in [6, 6.07) is 10.1. The second-order valence-electron chi connectivity index (χ2n) is 4.27. The molecule has 21 heavy (non-hydrogen) atoms. The molecule has 2 nitrogen and oxygen atoms in total. The summed E-state index contributed by atoms with van der Waals surface area (Å²) in [4.78, 5) is 0. The van der Waals surface area contributed by atoms with Crippen LogP contribution in [0.3, 0.4) is 0 Å². The van der Waals surface area contributed by atoms with E-state index in [4.69, 9.17) is 17.3 Å². The predicted molar refractivity (Wildman–Crippen MR) is 78.3 cm³/mol. The minimum absolute atomic E-state index is 0.307. The number of benzene rings is 2. The van der Waals surface area contributed by atoms with Crippen molar-refractivity contribution in [1.82, 2.24) is 0 Å². The van der Waals surface area contributed by atoms with Gasteiger partial charge in [0.25, 0.3) is 0 Å². The summed E-state index contributed by atoms with van der Waals surface area (Å²) in [6.07, 6.45) is -4.73. The quantitative estimate of drug-likeness (QED) is 0.809. The van der Waals surface area contributed by atoms with E-state index < -0.39 is 12.4 Å². The van der Waals surface area contributed by atoms with Crippen molar-refractivity contribution < 1.29 is 17.9 Å². The molecular formula is C14H10BrClF3NO. The van der Waals surface area contributed by atoms with Crippen LogP contribution in [-0.4, -0.2) is 6.36 Å². The number of hydrogen-bond acceptors (Lipinski definition) is 2. The Bertz CT molecular complexity index is 648. The average Bonchev–Trinajstić information content (AvgIpc) is 2.39. The molecule has 2 rings (SSSR count). The highest BCUT2D eigenvalue weighted by atomic mass is 79.9. The van der Waals surface area contributed by atoms with Crippen molar-refractivity contribution in [1.29, 1.82) is 0 Å². The molecule has 0 amide bonds. The van der Waals surface area contributed by atoms with E-state index in [0.717, 1.165) is 0 Å². The SMILES string of the molecule is NC(c1cccc(OC(F)(F)F)c1)c1ccc(Br)c(Cl)c1. The number of nitrogens with two attached hydrogens (primary N) is 1. The lowest BCUT2D eigenvalue weighted by Gasteiger charge is -2.15. The summed E-state index contributed by atoms with van der Waals surface area (Å²) in [5.74, 6) is -0.307. The van der Waals surface area contributed by atoms with E-state index in [-0.39, 0.29) is 5.75 Å². The zero-order valence-electron chi connectivity index (χ0n) is 10.5. The molecule has 0 fully saturated rings. The van der Waals surface area contributed by atoms with Gasteiger partial charge in [-0.05, 0) is 51.3 Å². The van der Waals surface area contributed by atoms with Crippen LogP contribution in [0.4, 0.5) is 13.2 Å². The molecule has 0 aliphatic rings. The molecule has 2 N–H and O–H groups in total. The Morgan fingerprint density at radius 2 is 1.76 bits per heavy atom. The molecule has 0 radical (unpaired) electrons. The van der Waals surface area contributed by atoms with Crippen molar-refractivity contribution >= 4 is 27.5 Å². The van der Waals surface area contributed by atoms with Crippen LogP contribution in [0.2, 0.25) is 5.02 Å². The summed E-state index contributed by atoms with van der Waals surface area (Å²) >= 11 is 9.25. The highest BCUT2D eigenvalue weighted by Gasteiger charge is 2.31. The monoisotopic (exact) mass is 379 g/mol. The second-order valence-corrected chi connectivity index (χ2v) is 5.53. The smallest absolute Gasteiger partial charge is 0.406 e. The van der Waals surface area contributed by atoms with E-state index in [1.807, 2.05) is 0 Å². The molecule has 2 aromatic rings. The lowest BCUT2D eigenvalue weighted by molar-refractivity contribution is -0.274. The van der Waals surface area contributed by atoms with Gasteiger partial charge in [0.2, 0.25) is 0 Å². The fourth-order valence-electron chi connectivity index (χ4n) is 1.80. The van der Waals surface area contributed by atoms with Gasteiger partial charge in [-0.25, -0.2) is 0 Å². The number of rotatable bonds is 3. The Balaban J connectivity index is 2.28. The number of alkyl halides is 3. The second kappa shape index (κ2) is 6.25. The van der Waals surface area contributed by atoms with Gasteiger partial charge in [-0.15, -0.1) is 13.2 Å². The molecule has 1 atom stereocenters. The molecule has 0 aliphatic heterocycles. The maximum Gasteiger partial charge on any atom is 0.573 e. The molecule has 0 saturated carbocycles. The largest absolute Gasteiger partial charge is 0.573 e. The van der Waals surface area contributed by atoms with Gasteiger partial charge < -0.3 is 10.5 Å². The first kappa shape index (κ1) is 16.1.